The molecule has 0 atom stereocenters. The molecule has 2 aliphatic rings. The van der Waals surface area contributed by atoms with Crippen molar-refractivity contribution in [2.24, 2.45) is 0 Å². The molecule has 0 unspecified atom stereocenters. The summed E-state index contributed by atoms with van der Waals surface area (Å²) in [5.74, 6) is -0.572. The maximum atomic E-state index is 12.3. The largest absolute Gasteiger partial charge is 0.469 e. The third-order valence-corrected chi connectivity index (χ3v) is 9.85. The summed E-state index contributed by atoms with van der Waals surface area (Å²) in [6.45, 7) is 16.6. The molecular formula is C42H42N4O4. The highest BCUT2D eigenvalue weighted by atomic mass is 16.5. The van der Waals surface area contributed by atoms with Gasteiger partial charge in [-0.15, -0.1) is 0 Å². The summed E-state index contributed by atoms with van der Waals surface area (Å²) in [4.78, 5) is 42.4. The van der Waals surface area contributed by atoms with Gasteiger partial charge in [0.25, 0.3) is 0 Å². The average molecular weight is 667 g/mol. The van der Waals surface area contributed by atoms with Gasteiger partial charge in [-0.05, 0) is 97.7 Å². The molecule has 4 aromatic rings. The molecule has 5 heterocycles. The number of ether oxygens (including phenoxy) is 2. The van der Waals surface area contributed by atoms with Crippen molar-refractivity contribution in [3.63, 3.8) is 0 Å². The van der Waals surface area contributed by atoms with Crippen LogP contribution in [-0.4, -0.2) is 46.1 Å². The number of hydrogen-bond acceptors (Lipinski definition) is 6. The van der Waals surface area contributed by atoms with Gasteiger partial charge in [0.15, 0.2) is 0 Å². The fourth-order valence-corrected chi connectivity index (χ4v) is 7.00. The Morgan fingerprint density at radius 2 is 1.44 bits per heavy atom. The van der Waals surface area contributed by atoms with E-state index in [0.717, 1.165) is 101 Å². The first-order valence-electron chi connectivity index (χ1n) is 16.7. The molecule has 2 N–H and O–H groups in total. The van der Waals surface area contributed by atoms with E-state index >= 15 is 0 Å². The minimum atomic E-state index is -0.291. The van der Waals surface area contributed by atoms with Gasteiger partial charge in [-0.3, -0.25) is 9.59 Å². The number of H-pyrrole nitrogens is 2. The minimum Gasteiger partial charge on any atom is -0.469 e. The average Bonchev–Trinajstić information content (AvgIpc) is 3.79. The summed E-state index contributed by atoms with van der Waals surface area (Å²) in [5.41, 5.74) is 16.6. The summed E-state index contributed by atoms with van der Waals surface area (Å²) >= 11 is 0. The maximum Gasteiger partial charge on any atom is 0.305 e. The number of methoxy groups -OCH3 is 2. The van der Waals surface area contributed by atoms with Crippen molar-refractivity contribution in [1.29, 1.82) is 0 Å². The number of fused-ring (bicyclic) bond motifs is 8. The molecule has 8 heteroatoms. The van der Waals surface area contributed by atoms with E-state index in [0.29, 0.717) is 12.8 Å². The third kappa shape index (κ3) is 6.13. The van der Waals surface area contributed by atoms with Gasteiger partial charge in [0.2, 0.25) is 0 Å². The Kier molecular flexibility index (Phi) is 9.55. The van der Waals surface area contributed by atoms with Crippen LogP contribution in [0.3, 0.4) is 0 Å². The van der Waals surface area contributed by atoms with Crippen LogP contribution >= 0.6 is 0 Å². The molecular weight excluding hydrogens is 624 g/mol. The smallest absolute Gasteiger partial charge is 0.305 e. The van der Waals surface area contributed by atoms with E-state index in [4.69, 9.17) is 19.4 Å². The lowest BCUT2D eigenvalue weighted by atomic mass is 9.96. The normalized spacial score (nSPS) is 12.7. The highest BCUT2D eigenvalue weighted by Crippen LogP contribution is 2.41. The SMILES string of the molecule is C=CC1=C(C)c2nc1cc1nc(cc3[nH]c(cc4[nH]c(c(C)c4C=C)c2-c2ccccc2)c(C)c3CCC(=O)OC)C(CCC(=O)OC)=C1C. The summed E-state index contributed by atoms with van der Waals surface area (Å²) in [7, 11) is 2.80. The number of allylic oxidation sites excluding steroid dienone is 5. The van der Waals surface area contributed by atoms with Crippen molar-refractivity contribution in [2.45, 2.75) is 53.4 Å². The molecule has 0 amide bonds. The van der Waals surface area contributed by atoms with Crippen LogP contribution in [0.1, 0.15) is 78.1 Å². The van der Waals surface area contributed by atoms with Gasteiger partial charge < -0.3 is 19.4 Å². The summed E-state index contributed by atoms with van der Waals surface area (Å²) in [6, 6.07) is 16.4. The van der Waals surface area contributed by atoms with Crippen LogP contribution < -0.4 is 0 Å². The number of carbonyl (C=O) groups excluding carboxylic acids is 2. The number of nitrogens with zero attached hydrogens (tertiary/aromatic N) is 2. The Morgan fingerprint density at radius 1 is 0.740 bits per heavy atom. The minimum absolute atomic E-state index is 0.213. The van der Waals surface area contributed by atoms with Gasteiger partial charge in [0, 0.05) is 46.1 Å². The molecule has 0 saturated carbocycles. The zero-order valence-electron chi connectivity index (χ0n) is 29.5. The topological polar surface area (TPSA) is 110 Å². The zero-order chi connectivity index (χ0) is 35.7. The molecule has 0 fully saturated rings. The predicted octanol–water partition coefficient (Wildman–Crippen LogP) is 9.35. The fourth-order valence-electron chi connectivity index (χ4n) is 7.00. The first kappa shape index (κ1) is 34.1. The number of aryl methyl sites for hydroxylation is 3. The Labute approximate surface area is 292 Å². The van der Waals surface area contributed by atoms with Crippen LogP contribution in [0.5, 0.6) is 0 Å². The molecule has 1 aromatic carbocycles. The molecule has 3 aromatic heterocycles. The number of benzene rings is 1. The molecule has 0 aliphatic carbocycles. The van der Waals surface area contributed by atoms with Crippen molar-refractivity contribution in [3.8, 4) is 11.1 Å². The second kappa shape index (κ2) is 14.0. The zero-order valence-corrected chi connectivity index (χ0v) is 29.5. The quantitative estimate of drug-likeness (QED) is 0.172. The summed E-state index contributed by atoms with van der Waals surface area (Å²) < 4.78 is 9.98. The van der Waals surface area contributed by atoms with Crippen LogP contribution in [0, 0.1) is 13.8 Å². The molecule has 8 bridgehead atoms. The van der Waals surface area contributed by atoms with Crippen molar-refractivity contribution < 1.29 is 19.1 Å². The second-order valence-corrected chi connectivity index (χ2v) is 12.6. The lowest BCUT2D eigenvalue weighted by molar-refractivity contribution is -0.141. The van der Waals surface area contributed by atoms with Gasteiger partial charge >= 0.3 is 11.9 Å². The van der Waals surface area contributed by atoms with E-state index in [2.05, 4.69) is 62.1 Å². The number of aromatic nitrogens is 4. The van der Waals surface area contributed by atoms with Crippen molar-refractivity contribution in [1.82, 2.24) is 19.9 Å². The number of rotatable bonds is 9. The first-order chi connectivity index (χ1) is 24.1. The number of esters is 2. The predicted molar refractivity (Wildman–Crippen MR) is 203 cm³/mol. The number of hydrogen-bond donors (Lipinski definition) is 2. The van der Waals surface area contributed by atoms with Crippen molar-refractivity contribution in [2.75, 3.05) is 14.2 Å². The van der Waals surface area contributed by atoms with E-state index in [9.17, 15) is 9.59 Å². The van der Waals surface area contributed by atoms with E-state index < -0.39 is 0 Å². The molecule has 50 heavy (non-hydrogen) atoms. The third-order valence-electron chi connectivity index (χ3n) is 9.85. The monoisotopic (exact) mass is 666 g/mol. The number of aromatic amines is 2. The van der Waals surface area contributed by atoms with Crippen molar-refractivity contribution in [3.05, 3.63) is 113 Å². The highest BCUT2D eigenvalue weighted by Gasteiger charge is 2.24. The van der Waals surface area contributed by atoms with E-state index in [-0.39, 0.29) is 24.8 Å². The lowest BCUT2D eigenvalue weighted by Gasteiger charge is -2.07. The molecule has 2 aliphatic heterocycles. The van der Waals surface area contributed by atoms with Crippen LogP contribution in [0.15, 0.2) is 67.8 Å². The highest BCUT2D eigenvalue weighted by molar-refractivity contribution is 6.04. The maximum absolute atomic E-state index is 12.3. The van der Waals surface area contributed by atoms with E-state index in [1.54, 1.807) is 0 Å². The van der Waals surface area contributed by atoms with Crippen LogP contribution in [0.4, 0.5) is 0 Å². The first-order valence-corrected chi connectivity index (χ1v) is 16.7. The molecule has 254 valence electrons. The number of nitrogens with one attached hydrogen (secondary N) is 2. The molecule has 6 rings (SSSR count). The molecule has 0 spiro atoms. The van der Waals surface area contributed by atoms with Gasteiger partial charge in [-0.2, -0.15) is 0 Å². The van der Waals surface area contributed by atoms with Gasteiger partial charge in [-0.1, -0.05) is 55.6 Å². The van der Waals surface area contributed by atoms with Crippen LogP contribution in [-0.2, 0) is 25.5 Å². The molecule has 0 radical (unpaired) electrons. The molecule has 8 nitrogen and oxygen atoms in total. The van der Waals surface area contributed by atoms with Crippen molar-refractivity contribution >= 4 is 62.4 Å². The Bertz CT molecular complexity index is 2300. The second-order valence-electron chi connectivity index (χ2n) is 12.6. The van der Waals surface area contributed by atoms with Gasteiger partial charge in [-0.25, -0.2) is 9.97 Å². The van der Waals surface area contributed by atoms with Crippen LogP contribution in [0.2, 0.25) is 0 Å². The summed E-state index contributed by atoms with van der Waals surface area (Å²) in [6.07, 6.45) is 5.10. The van der Waals surface area contributed by atoms with E-state index in [1.807, 2.05) is 49.4 Å². The van der Waals surface area contributed by atoms with Crippen LogP contribution in [0.25, 0.3) is 61.6 Å². The molecule has 0 saturated heterocycles. The fraction of sp³-hybridized carbons (Fsp3) is 0.238. The van der Waals surface area contributed by atoms with E-state index in [1.165, 1.54) is 14.2 Å². The number of carbonyl (C=O) groups is 2. The van der Waals surface area contributed by atoms with Gasteiger partial charge in [0.05, 0.1) is 42.5 Å². The lowest BCUT2D eigenvalue weighted by Crippen LogP contribution is -2.02. The Morgan fingerprint density at radius 3 is 2.10 bits per heavy atom. The van der Waals surface area contributed by atoms with Gasteiger partial charge in [0.1, 0.15) is 0 Å². The standard InChI is InChI=1S/C42H42N4O4/c1-9-28-25(5)41-40(27-14-12-11-13-15-27)42-26(6)29(10-2)35(46-42)21-33-24(4)31(17-19-39(48)50-8)37(44-33)22-36-30(16-18-38(47)49-7)23(3)32(43-36)20-34(28)45-41/h9-15,20-22,43,45H,1-2,16-19H2,3-8H3. The Balaban J connectivity index is 1.80. The summed E-state index contributed by atoms with van der Waals surface area (Å²) in [5, 5.41) is 0. The Hall–Kier alpha value is -5.76.